The molecule has 2 aromatic carbocycles. The summed E-state index contributed by atoms with van der Waals surface area (Å²) in [5.41, 5.74) is 0.838. The molecule has 1 aliphatic rings. The number of benzene rings is 2. The molecule has 0 aliphatic carbocycles. The van der Waals surface area contributed by atoms with Crippen LogP contribution in [0.5, 0.6) is 0 Å². The van der Waals surface area contributed by atoms with Crippen molar-refractivity contribution in [2.24, 2.45) is 0 Å². The third-order valence-electron chi connectivity index (χ3n) is 3.78. The van der Waals surface area contributed by atoms with Gasteiger partial charge in [-0.25, -0.2) is 9.18 Å². The van der Waals surface area contributed by atoms with Crippen LogP contribution < -0.4 is 15.5 Å². The molecule has 0 saturated carbocycles. The Morgan fingerprint density at radius 2 is 1.96 bits per heavy atom. The van der Waals surface area contributed by atoms with E-state index in [2.05, 4.69) is 10.6 Å². The molecule has 1 fully saturated rings. The van der Waals surface area contributed by atoms with Crippen LogP contribution in [0.4, 0.5) is 20.6 Å². The maximum atomic E-state index is 13.3. The van der Waals surface area contributed by atoms with Gasteiger partial charge < -0.3 is 15.5 Å². The Morgan fingerprint density at radius 3 is 2.72 bits per heavy atom. The van der Waals surface area contributed by atoms with Crippen molar-refractivity contribution < 1.29 is 14.0 Å². The van der Waals surface area contributed by atoms with E-state index in [1.54, 1.807) is 24.3 Å². The lowest BCUT2D eigenvalue weighted by Crippen LogP contribution is -2.39. The Kier molecular flexibility index (Phi) is 5.11. The highest BCUT2D eigenvalue weighted by atomic mass is 35.5. The third kappa shape index (κ3) is 4.03. The molecular formula is C17H14Cl2FN3O2. The molecule has 0 unspecified atom stereocenters. The topological polar surface area (TPSA) is 61.4 Å². The van der Waals surface area contributed by atoms with Crippen LogP contribution in [-0.4, -0.2) is 24.5 Å². The molecule has 0 aromatic heterocycles. The van der Waals surface area contributed by atoms with Crippen molar-refractivity contribution in [3.05, 3.63) is 58.3 Å². The van der Waals surface area contributed by atoms with E-state index >= 15 is 0 Å². The minimum atomic E-state index is -0.497. The number of nitrogens with zero attached hydrogens (tertiary/aromatic N) is 1. The minimum absolute atomic E-state index is 0.132. The first-order chi connectivity index (χ1) is 11.9. The number of amides is 3. The minimum Gasteiger partial charge on any atom is -0.333 e. The largest absolute Gasteiger partial charge is 0.333 e. The van der Waals surface area contributed by atoms with Crippen LogP contribution in [0.15, 0.2) is 42.5 Å². The highest BCUT2D eigenvalue weighted by Crippen LogP contribution is 2.29. The van der Waals surface area contributed by atoms with E-state index < -0.39 is 17.9 Å². The number of carbonyl (C=O) groups excluding carboxylic acids is 2. The number of urea groups is 1. The van der Waals surface area contributed by atoms with E-state index in [-0.39, 0.29) is 23.9 Å². The predicted molar refractivity (Wildman–Crippen MR) is 95.8 cm³/mol. The van der Waals surface area contributed by atoms with Crippen LogP contribution in [0.1, 0.15) is 6.42 Å². The van der Waals surface area contributed by atoms with Crippen LogP contribution >= 0.6 is 23.2 Å². The molecule has 2 aromatic rings. The number of hydrogen-bond donors (Lipinski definition) is 2. The second kappa shape index (κ2) is 7.29. The molecule has 2 N–H and O–H groups in total. The van der Waals surface area contributed by atoms with E-state index in [4.69, 9.17) is 23.2 Å². The van der Waals surface area contributed by atoms with Crippen LogP contribution in [0, 0.1) is 5.82 Å². The fraction of sp³-hybridized carbons (Fsp3) is 0.176. The Labute approximate surface area is 153 Å². The number of hydrogen-bond acceptors (Lipinski definition) is 2. The number of nitrogens with one attached hydrogen (secondary N) is 2. The smallest absolute Gasteiger partial charge is 0.319 e. The van der Waals surface area contributed by atoms with Crippen molar-refractivity contribution >= 4 is 46.5 Å². The highest BCUT2D eigenvalue weighted by Gasteiger charge is 2.31. The maximum absolute atomic E-state index is 13.3. The standard InChI is InChI=1S/C17H14Cl2FN3O2/c18-13-5-2-6-14(16(13)19)22-17(25)21-11-8-15(24)23(9-11)12-4-1-3-10(20)7-12/h1-7,11H,8-9H2,(H2,21,22,25)/t11-/m0/s1. The molecule has 1 aliphatic heterocycles. The fourth-order valence-corrected chi connectivity index (χ4v) is 2.99. The van der Waals surface area contributed by atoms with Gasteiger partial charge in [-0.3, -0.25) is 4.79 Å². The van der Waals surface area contributed by atoms with E-state index in [9.17, 15) is 14.0 Å². The van der Waals surface area contributed by atoms with Gasteiger partial charge in [0.25, 0.3) is 0 Å². The molecule has 0 radical (unpaired) electrons. The van der Waals surface area contributed by atoms with Crippen molar-refractivity contribution in [1.82, 2.24) is 5.32 Å². The van der Waals surface area contributed by atoms with E-state index in [0.29, 0.717) is 16.4 Å². The monoisotopic (exact) mass is 381 g/mol. The molecule has 130 valence electrons. The van der Waals surface area contributed by atoms with Crippen molar-refractivity contribution in [3.63, 3.8) is 0 Å². The predicted octanol–water partition coefficient (Wildman–Crippen LogP) is 4.06. The van der Waals surface area contributed by atoms with Gasteiger partial charge in [0.2, 0.25) is 5.91 Å². The lowest BCUT2D eigenvalue weighted by atomic mass is 10.2. The average molecular weight is 382 g/mol. The van der Waals surface area contributed by atoms with Gasteiger partial charge in [-0.15, -0.1) is 0 Å². The molecular weight excluding hydrogens is 368 g/mol. The second-order valence-electron chi connectivity index (χ2n) is 5.59. The van der Waals surface area contributed by atoms with Crippen molar-refractivity contribution in [3.8, 4) is 0 Å². The summed E-state index contributed by atoms with van der Waals surface area (Å²) in [5.74, 6) is -0.605. The molecule has 3 rings (SSSR count). The number of rotatable bonds is 3. The summed E-state index contributed by atoms with van der Waals surface area (Å²) in [7, 11) is 0. The summed E-state index contributed by atoms with van der Waals surface area (Å²) >= 11 is 11.9. The molecule has 0 spiro atoms. The van der Waals surface area contributed by atoms with Gasteiger partial charge >= 0.3 is 6.03 Å². The first kappa shape index (κ1) is 17.5. The van der Waals surface area contributed by atoms with Crippen LogP contribution in [0.3, 0.4) is 0 Å². The first-order valence-corrected chi connectivity index (χ1v) is 8.27. The molecule has 5 nitrogen and oxygen atoms in total. The van der Waals surface area contributed by atoms with Crippen molar-refractivity contribution in [1.29, 1.82) is 0 Å². The quantitative estimate of drug-likeness (QED) is 0.841. The normalized spacial score (nSPS) is 16.8. The fourth-order valence-electron chi connectivity index (χ4n) is 2.64. The zero-order valence-corrected chi connectivity index (χ0v) is 14.4. The van der Waals surface area contributed by atoms with Crippen LogP contribution in [-0.2, 0) is 4.79 Å². The van der Waals surface area contributed by atoms with Crippen LogP contribution in [0.2, 0.25) is 10.0 Å². The van der Waals surface area contributed by atoms with Gasteiger partial charge in [0, 0.05) is 18.7 Å². The SMILES string of the molecule is O=C(Nc1cccc(Cl)c1Cl)N[C@H]1CC(=O)N(c2cccc(F)c2)C1. The highest BCUT2D eigenvalue weighted by molar-refractivity contribution is 6.43. The lowest BCUT2D eigenvalue weighted by Gasteiger charge is -2.17. The Balaban J connectivity index is 1.63. The molecule has 1 heterocycles. The molecule has 1 saturated heterocycles. The first-order valence-electron chi connectivity index (χ1n) is 7.51. The number of carbonyl (C=O) groups is 2. The summed E-state index contributed by atoms with van der Waals surface area (Å²) in [6, 6.07) is 9.77. The zero-order chi connectivity index (χ0) is 18.0. The summed E-state index contributed by atoms with van der Waals surface area (Å²) in [4.78, 5) is 25.7. The van der Waals surface area contributed by atoms with Gasteiger partial charge in [0.1, 0.15) is 5.82 Å². The maximum Gasteiger partial charge on any atom is 0.319 e. The van der Waals surface area contributed by atoms with Gasteiger partial charge in [0.05, 0.1) is 21.8 Å². The van der Waals surface area contributed by atoms with E-state index in [0.717, 1.165) is 0 Å². The summed E-state index contributed by atoms with van der Waals surface area (Å²) in [5, 5.41) is 5.88. The zero-order valence-electron chi connectivity index (χ0n) is 12.9. The van der Waals surface area contributed by atoms with Crippen molar-refractivity contribution in [2.45, 2.75) is 12.5 Å². The third-order valence-corrected chi connectivity index (χ3v) is 4.60. The lowest BCUT2D eigenvalue weighted by molar-refractivity contribution is -0.117. The van der Waals surface area contributed by atoms with E-state index in [1.165, 1.54) is 23.1 Å². The molecule has 0 bridgehead atoms. The average Bonchev–Trinajstić information content (AvgIpc) is 2.92. The number of halogens is 3. The molecule has 8 heteroatoms. The van der Waals surface area contributed by atoms with Gasteiger partial charge in [0.15, 0.2) is 0 Å². The summed E-state index contributed by atoms with van der Waals surface area (Å²) in [6.45, 7) is 0.263. The summed E-state index contributed by atoms with van der Waals surface area (Å²) in [6.07, 6.45) is 0.132. The van der Waals surface area contributed by atoms with Gasteiger partial charge in [-0.1, -0.05) is 35.3 Å². The van der Waals surface area contributed by atoms with Gasteiger partial charge in [-0.2, -0.15) is 0 Å². The molecule has 25 heavy (non-hydrogen) atoms. The van der Waals surface area contributed by atoms with Gasteiger partial charge in [-0.05, 0) is 30.3 Å². The number of anilines is 2. The Morgan fingerprint density at radius 1 is 1.20 bits per heavy atom. The Bertz CT molecular complexity index is 831. The van der Waals surface area contributed by atoms with Crippen molar-refractivity contribution in [2.75, 3.05) is 16.8 Å². The summed E-state index contributed by atoms with van der Waals surface area (Å²) < 4.78 is 13.3. The van der Waals surface area contributed by atoms with Crippen LogP contribution in [0.25, 0.3) is 0 Å². The van der Waals surface area contributed by atoms with E-state index in [1.807, 2.05) is 0 Å². The molecule has 1 atom stereocenters. The molecule has 3 amide bonds. The second-order valence-corrected chi connectivity index (χ2v) is 6.37. The Hall–Kier alpha value is -2.31.